The number of hydrogen-bond donors (Lipinski definition) is 2. The Kier molecular flexibility index (Phi) is 4.81. The molecule has 0 amide bonds. The molecule has 0 saturated heterocycles. The summed E-state index contributed by atoms with van der Waals surface area (Å²) in [5, 5.41) is 11.6. The molecule has 1 aromatic rings. The van der Waals surface area contributed by atoms with E-state index in [-0.39, 0.29) is 0 Å². The van der Waals surface area contributed by atoms with Crippen molar-refractivity contribution in [3.63, 3.8) is 0 Å². The van der Waals surface area contributed by atoms with Crippen LogP contribution >= 0.6 is 22.9 Å². The fraction of sp³-hybridized carbons (Fsp3) is 0.300. The highest BCUT2D eigenvalue weighted by molar-refractivity contribution is 7.16. The average Bonchev–Trinajstić information content (AvgIpc) is 2.50. The van der Waals surface area contributed by atoms with Gasteiger partial charge in [-0.15, -0.1) is 11.3 Å². The van der Waals surface area contributed by atoms with Crippen LogP contribution in [0.5, 0.6) is 0 Å². The first-order valence-electron chi connectivity index (χ1n) is 4.43. The number of aliphatic carboxylic acids is 1. The van der Waals surface area contributed by atoms with Gasteiger partial charge in [-0.25, -0.2) is 4.79 Å². The van der Waals surface area contributed by atoms with Crippen molar-refractivity contribution in [3.05, 3.63) is 33.0 Å². The molecule has 0 fully saturated rings. The van der Waals surface area contributed by atoms with E-state index >= 15 is 0 Å². The van der Waals surface area contributed by atoms with Crippen molar-refractivity contribution in [1.82, 2.24) is 5.32 Å². The van der Waals surface area contributed by atoms with E-state index < -0.39 is 5.97 Å². The zero-order valence-corrected chi connectivity index (χ0v) is 9.86. The number of carbonyl (C=O) groups is 1. The maximum absolute atomic E-state index is 10.3. The van der Waals surface area contributed by atoms with Crippen LogP contribution < -0.4 is 5.32 Å². The molecule has 0 bridgehead atoms. The number of carboxylic acids is 1. The van der Waals surface area contributed by atoms with E-state index in [1.165, 1.54) is 17.4 Å². The molecule has 0 radical (unpaired) electrons. The van der Waals surface area contributed by atoms with Gasteiger partial charge in [0.1, 0.15) is 0 Å². The second-order valence-electron chi connectivity index (χ2n) is 3.14. The molecule has 1 heterocycles. The summed E-state index contributed by atoms with van der Waals surface area (Å²) in [5.41, 5.74) is 0.796. The minimum Gasteiger partial charge on any atom is -0.478 e. The first-order valence-corrected chi connectivity index (χ1v) is 5.62. The molecule has 15 heavy (non-hydrogen) atoms. The lowest BCUT2D eigenvalue weighted by molar-refractivity contribution is -0.131. The molecule has 5 heteroatoms. The highest BCUT2D eigenvalue weighted by atomic mass is 35.5. The van der Waals surface area contributed by atoms with E-state index in [2.05, 4.69) is 5.32 Å². The maximum atomic E-state index is 10.3. The minimum atomic E-state index is -0.909. The number of thiophene rings is 1. The highest BCUT2D eigenvalue weighted by Crippen LogP contribution is 2.20. The van der Waals surface area contributed by atoms with Crippen LogP contribution in [0.4, 0.5) is 0 Å². The van der Waals surface area contributed by atoms with Gasteiger partial charge in [-0.3, -0.25) is 0 Å². The fourth-order valence-electron chi connectivity index (χ4n) is 1.09. The molecule has 0 aliphatic rings. The fourth-order valence-corrected chi connectivity index (χ4v) is 2.15. The second-order valence-corrected chi connectivity index (χ2v) is 4.94. The maximum Gasteiger partial charge on any atom is 0.328 e. The van der Waals surface area contributed by atoms with Crippen molar-refractivity contribution >= 4 is 28.9 Å². The van der Waals surface area contributed by atoms with Crippen molar-refractivity contribution < 1.29 is 9.90 Å². The lowest BCUT2D eigenvalue weighted by Gasteiger charge is -2.02. The SMILES string of the molecule is C/C(=C/C(=O)O)CNCc1ccc(Cl)s1. The molecule has 0 aromatic carbocycles. The van der Waals surface area contributed by atoms with Crippen LogP contribution in [0.1, 0.15) is 11.8 Å². The zero-order valence-electron chi connectivity index (χ0n) is 8.29. The Morgan fingerprint density at radius 3 is 2.93 bits per heavy atom. The van der Waals surface area contributed by atoms with Gasteiger partial charge in [0.05, 0.1) is 4.34 Å². The van der Waals surface area contributed by atoms with E-state index in [0.717, 1.165) is 14.8 Å². The van der Waals surface area contributed by atoms with E-state index in [1.807, 2.05) is 12.1 Å². The lowest BCUT2D eigenvalue weighted by atomic mass is 10.3. The summed E-state index contributed by atoms with van der Waals surface area (Å²) in [6, 6.07) is 3.80. The summed E-state index contributed by atoms with van der Waals surface area (Å²) in [6.45, 7) is 3.06. The van der Waals surface area contributed by atoms with E-state index in [4.69, 9.17) is 16.7 Å². The van der Waals surface area contributed by atoms with Gasteiger partial charge in [0.15, 0.2) is 0 Å². The van der Waals surface area contributed by atoms with Crippen LogP contribution in [-0.4, -0.2) is 17.6 Å². The summed E-state index contributed by atoms with van der Waals surface area (Å²) >= 11 is 7.29. The van der Waals surface area contributed by atoms with Crippen LogP contribution in [0.25, 0.3) is 0 Å². The Bertz CT molecular complexity index is 373. The summed E-state index contributed by atoms with van der Waals surface area (Å²) in [5.74, 6) is -0.909. The van der Waals surface area contributed by atoms with Gasteiger partial charge in [0, 0.05) is 24.0 Å². The molecule has 82 valence electrons. The molecule has 2 N–H and O–H groups in total. The van der Waals surface area contributed by atoms with Crippen LogP contribution in [0.3, 0.4) is 0 Å². The molecule has 0 aliphatic carbocycles. The monoisotopic (exact) mass is 245 g/mol. The molecule has 1 rings (SSSR count). The van der Waals surface area contributed by atoms with E-state index in [0.29, 0.717) is 13.1 Å². The smallest absolute Gasteiger partial charge is 0.328 e. The van der Waals surface area contributed by atoms with Crippen LogP contribution in [-0.2, 0) is 11.3 Å². The third-order valence-corrected chi connectivity index (χ3v) is 2.93. The summed E-state index contributed by atoms with van der Waals surface area (Å²) in [4.78, 5) is 11.5. The van der Waals surface area contributed by atoms with Gasteiger partial charge in [-0.2, -0.15) is 0 Å². The number of halogens is 1. The molecule has 0 unspecified atom stereocenters. The second kappa shape index (κ2) is 5.90. The molecule has 3 nitrogen and oxygen atoms in total. The van der Waals surface area contributed by atoms with Crippen molar-refractivity contribution in [3.8, 4) is 0 Å². The van der Waals surface area contributed by atoms with Gasteiger partial charge < -0.3 is 10.4 Å². The van der Waals surface area contributed by atoms with Gasteiger partial charge in [-0.1, -0.05) is 17.2 Å². The van der Waals surface area contributed by atoms with Crippen molar-refractivity contribution in [1.29, 1.82) is 0 Å². The number of nitrogens with one attached hydrogen (secondary N) is 1. The molecular formula is C10H12ClNO2S. The highest BCUT2D eigenvalue weighted by Gasteiger charge is 1.98. The van der Waals surface area contributed by atoms with Crippen molar-refractivity contribution in [2.75, 3.05) is 6.54 Å². The Morgan fingerprint density at radius 1 is 1.67 bits per heavy atom. The van der Waals surface area contributed by atoms with Crippen LogP contribution in [0.2, 0.25) is 4.34 Å². The Hall–Kier alpha value is -0.840. The molecule has 0 atom stereocenters. The molecule has 1 aromatic heterocycles. The van der Waals surface area contributed by atoms with Crippen LogP contribution in [0.15, 0.2) is 23.8 Å². The predicted molar refractivity (Wildman–Crippen MR) is 62.4 cm³/mol. The third-order valence-electron chi connectivity index (χ3n) is 1.70. The summed E-state index contributed by atoms with van der Waals surface area (Å²) in [6.07, 6.45) is 1.20. The molecule has 0 aliphatic heterocycles. The molecule has 0 saturated carbocycles. The van der Waals surface area contributed by atoms with E-state index in [9.17, 15) is 4.79 Å². The lowest BCUT2D eigenvalue weighted by Crippen LogP contribution is -2.15. The quantitative estimate of drug-likeness (QED) is 0.784. The first-order chi connectivity index (χ1) is 7.08. The zero-order chi connectivity index (χ0) is 11.3. The van der Waals surface area contributed by atoms with Gasteiger partial charge in [-0.05, 0) is 19.1 Å². The van der Waals surface area contributed by atoms with Crippen molar-refractivity contribution in [2.24, 2.45) is 0 Å². The van der Waals surface area contributed by atoms with E-state index in [1.54, 1.807) is 6.92 Å². The predicted octanol–water partition coefficient (Wildman–Crippen LogP) is 2.52. The molecular weight excluding hydrogens is 234 g/mol. The summed E-state index contributed by atoms with van der Waals surface area (Å²) < 4.78 is 0.768. The van der Waals surface area contributed by atoms with Crippen molar-refractivity contribution in [2.45, 2.75) is 13.5 Å². The van der Waals surface area contributed by atoms with Gasteiger partial charge in [0.25, 0.3) is 0 Å². The van der Waals surface area contributed by atoms with Gasteiger partial charge >= 0.3 is 5.97 Å². The average molecular weight is 246 g/mol. The Balaban J connectivity index is 2.30. The minimum absolute atomic E-state index is 0.571. The largest absolute Gasteiger partial charge is 0.478 e. The molecule has 0 spiro atoms. The first kappa shape index (κ1) is 12.2. The third kappa shape index (κ3) is 4.97. The Labute approximate surface area is 97.4 Å². The standard InChI is InChI=1S/C10H12ClNO2S/c1-7(4-10(13)14)5-12-6-8-2-3-9(11)15-8/h2-4,12H,5-6H2,1H3,(H,13,14)/b7-4-. The number of rotatable bonds is 5. The van der Waals surface area contributed by atoms with Gasteiger partial charge in [0.2, 0.25) is 0 Å². The normalized spacial score (nSPS) is 11.7. The number of carboxylic acid groups (broad SMARTS) is 1. The topological polar surface area (TPSA) is 49.3 Å². The van der Waals surface area contributed by atoms with Crippen LogP contribution in [0, 0.1) is 0 Å². The summed E-state index contributed by atoms with van der Waals surface area (Å²) in [7, 11) is 0. The Morgan fingerprint density at radius 2 is 2.40 bits per heavy atom. The number of hydrogen-bond acceptors (Lipinski definition) is 3.